The van der Waals surface area contributed by atoms with Crippen molar-refractivity contribution in [2.75, 3.05) is 0 Å². The third-order valence-electron chi connectivity index (χ3n) is 4.72. The number of carbonyl (C=O) groups is 2. The number of allylic oxidation sites excluding steroid dienone is 2. The van der Waals surface area contributed by atoms with Gasteiger partial charge in [0.1, 0.15) is 17.1 Å². The van der Waals surface area contributed by atoms with Gasteiger partial charge in [-0.15, -0.1) is 0 Å². The SMILES string of the molecule is CC(C)OC(=O)C1=C(N)OC2=C(C(=O)CC(C)(C)C2)C1c1ccc(F)cc1. The number of ketones is 1. The number of hydrogen-bond acceptors (Lipinski definition) is 5. The fourth-order valence-electron chi connectivity index (χ4n) is 3.65. The third kappa shape index (κ3) is 3.75. The summed E-state index contributed by atoms with van der Waals surface area (Å²) in [4.78, 5) is 25.7. The summed E-state index contributed by atoms with van der Waals surface area (Å²) in [7, 11) is 0. The highest BCUT2D eigenvalue weighted by Crippen LogP contribution is 2.48. The lowest BCUT2D eigenvalue weighted by Crippen LogP contribution is -2.36. The lowest BCUT2D eigenvalue weighted by Gasteiger charge is -2.38. The molecule has 0 amide bonds. The van der Waals surface area contributed by atoms with Crippen molar-refractivity contribution >= 4 is 11.8 Å². The summed E-state index contributed by atoms with van der Waals surface area (Å²) in [6, 6.07) is 5.70. The van der Waals surface area contributed by atoms with E-state index in [0.717, 1.165) is 0 Å². The first-order chi connectivity index (χ1) is 12.6. The quantitative estimate of drug-likeness (QED) is 0.817. The van der Waals surface area contributed by atoms with Crippen molar-refractivity contribution in [2.45, 2.75) is 52.6 Å². The van der Waals surface area contributed by atoms with Gasteiger partial charge in [-0.3, -0.25) is 4.79 Å². The highest BCUT2D eigenvalue weighted by molar-refractivity contribution is 6.03. The molecule has 0 spiro atoms. The van der Waals surface area contributed by atoms with Gasteiger partial charge in [-0.25, -0.2) is 9.18 Å². The van der Waals surface area contributed by atoms with E-state index in [-0.39, 0.29) is 28.8 Å². The van der Waals surface area contributed by atoms with Crippen LogP contribution in [0.5, 0.6) is 0 Å². The number of benzene rings is 1. The molecule has 1 heterocycles. The number of halogens is 1. The molecule has 3 rings (SSSR count). The van der Waals surface area contributed by atoms with E-state index in [1.165, 1.54) is 12.1 Å². The maximum atomic E-state index is 13.4. The standard InChI is InChI=1S/C21H24FNO4/c1-11(2)26-20(25)18-16(12-5-7-13(22)8-6-12)17-14(24)9-21(3,4)10-15(17)27-19(18)23/h5-8,11,16H,9-10,23H2,1-4H3. The van der Waals surface area contributed by atoms with Crippen molar-refractivity contribution in [2.24, 2.45) is 11.1 Å². The summed E-state index contributed by atoms with van der Waals surface area (Å²) < 4.78 is 24.5. The number of Topliss-reactive ketones (excluding diaryl/α,β-unsaturated/α-hetero) is 1. The van der Waals surface area contributed by atoms with Crippen molar-refractivity contribution in [3.05, 3.63) is 58.4 Å². The maximum Gasteiger partial charge on any atom is 0.340 e. The summed E-state index contributed by atoms with van der Waals surface area (Å²) in [6.07, 6.45) is 0.501. The van der Waals surface area contributed by atoms with E-state index in [0.29, 0.717) is 29.7 Å². The van der Waals surface area contributed by atoms with Crippen molar-refractivity contribution in [1.29, 1.82) is 0 Å². The van der Waals surface area contributed by atoms with E-state index in [1.807, 2.05) is 13.8 Å². The van der Waals surface area contributed by atoms with Gasteiger partial charge in [-0.05, 0) is 37.0 Å². The third-order valence-corrected chi connectivity index (χ3v) is 4.72. The highest BCUT2D eigenvalue weighted by Gasteiger charge is 2.45. The van der Waals surface area contributed by atoms with Gasteiger partial charge in [0.15, 0.2) is 5.78 Å². The van der Waals surface area contributed by atoms with Crippen LogP contribution in [0, 0.1) is 11.2 Å². The van der Waals surface area contributed by atoms with Gasteiger partial charge in [0, 0.05) is 18.4 Å². The molecule has 0 radical (unpaired) electrons. The molecule has 0 saturated carbocycles. The molecular weight excluding hydrogens is 349 g/mol. The molecule has 27 heavy (non-hydrogen) atoms. The first kappa shape index (κ1) is 19.1. The molecule has 0 bridgehead atoms. The first-order valence-corrected chi connectivity index (χ1v) is 8.99. The Labute approximate surface area is 158 Å². The Bertz CT molecular complexity index is 849. The second-order valence-electron chi connectivity index (χ2n) is 8.10. The van der Waals surface area contributed by atoms with Gasteiger partial charge in [0.2, 0.25) is 5.88 Å². The maximum absolute atomic E-state index is 13.4. The van der Waals surface area contributed by atoms with Crippen molar-refractivity contribution in [3.8, 4) is 0 Å². The largest absolute Gasteiger partial charge is 0.459 e. The smallest absolute Gasteiger partial charge is 0.340 e. The van der Waals surface area contributed by atoms with E-state index in [2.05, 4.69) is 0 Å². The first-order valence-electron chi connectivity index (χ1n) is 8.99. The number of rotatable bonds is 3. The molecular formula is C21H24FNO4. The van der Waals surface area contributed by atoms with E-state index in [1.54, 1.807) is 26.0 Å². The van der Waals surface area contributed by atoms with Gasteiger partial charge in [0.05, 0.1) is 12.0 Å². The zero-order chi connectivity index (χ0) is 19.9. The van der Waals surface area contributed by atoms with E-state index >= 15 is 0 Å². The minimum atomic E-state index is -0.732. The molecule has 144 valence electrons. The highest BCUT2D eigenvalue weighted by atomic mass is 19.1. The normalized spacial score (nSPS) is 21.9. The molecule has 2 aliphatic rings. The Hall–Kier alpha value is -2.63. The van der Waals surface area contributed by atoms with E-state index in [9.17, 15) is 14.0 Å². The zero-order valence-electron chi connectivity index (χ0n) is 16.0. The van der Waals surface area contributed by atoms with Crippen LogP contribution in [0.15, 0.2) is 47.1 Å². The molecule has 1 atom stereocenters. The van der Waals surface area contributed by atoms with Crippen LogP contribution in [0.4, 0.5) is 4.39 Å². The Balaban J connectivity index is 2.15. The average molecular weight is 373 g/mol. The van der Waals surface area contributed by atoms with Gasteiger partial charge in [0.25, 0.3) is 0 Å². The van der Waals surface area contributed by atoms with Gasteiger partial charge < -0.3 is 15.2 Å². The minimum Gasteiger partial charge on any atom is -0.459 e. The average Bonchev–Trinajstić information content (AvgIpc) is 2.52. The second kappa shape index (κ2) is 6.83. The molecule has 1 aliphatic heterocycles. The Kier molecular flexibility index (Phi) is 4.84. The van der Waals surface area contributed by atoms with E-state index < -0.39 is 17.7 Å². The Morgan fingerprint density at radius 2 is 1.89 bits per heavy atom. The molecule has 1 aromatic carbocycles. The van der Waals surface area contributed by atoms with Crippen LogP contribution in [0.2, 0.25) is 0 Å². The number of carbonyl (C=O) groups excluding carboxylic acids is 2. The van der Waals surface area contributed by atoms with Crippen molar-refractivity contribution < 1.29 is 23.5 Å². The van der Waals surface area contributed by atoms with Crippen LogP contribution in [-0.4, -0.2) is 17.9 Å². The number of esters is 1. The molecule has 6 heteroatoms. The molecule has 0 aromatic heterocycles. The fraction of sp³-hybridized carbons (Fsp3) is 0.429. The summed E-state index contributed by atoms with van der Waals surface area (Å²) in [6.45, 7) is 7.41. The van der Waals surface area contributed by atoms with Crippen molar-refractivity contribution in [1.82, 2.24) is 0 Å². The predicted molar refractivity (Wildman–Crippen MR) is 97.7 cm³/mol. The molecule has 1 aromatic rings. The summed E-state index contributed by atoms with van der Waals surface area (Å²) in [5.41, 5.74) is 6.92. The van der Waals surface area contributed by atoms with Crippen LogP contribution >= 0.6 is 0 Å². The van der Waals surface area contributed by atoms with Crippen LogP contribution in [0.1, 0.15) is 52.0 Å². The van der Waals surface area contributed by atoms with Crippen LogP contribution in [0.3, 0.4) is 0 Å². The summed E-state index contributed by atoms with van der Waals surface area (Å²) in [5.74, 6) is -1.47. The van der Waals surface area contributed by atoms with E-state index in [4.69, 9.17) is 15.2 Å². The molecule has 1 unspecified atom stereocenters. The molecule has 0 saturated heterocycles. The lowest BCUT2D eigenvalue weighted by molar-refractivity contribution is -0.143. The van der Waals surface area contributed by atoms with Crippen LogP contribution in [0.25, 0.3) is 0 Å². The zero-order valence-corrected chi connectivity index (χ0v) is 16.0. The molecule has 5 nitrogen and oxygen atoms in total. The summed E-state index contributed by atoms with van der Waals surface area (Å²) >= 11 is 0. The topological polar surface area (TPSA) is 78.6 Å². The van der Waals surface area contributed by atoms with Crippen molar-refractivity contribution in [3.63, 3.8) is 0 Å². The monoisotopic (exact) mass is 373 g/mol. The molecule has 2 N–H and O–H groups in total. The van der Waals surface area contributed by atoms with Gasteiger partial charge >= 0.3 is 5.97 Å². The number of nitrogens with two attached hydrogens (primary N) is 1. The lowest BCUT2D eigenvalue weighted by atomic mass is 9.70. The van der Waals surface area contributed by atoms with Gasteiger partial charge in [-0.1, -0.05) is 26.0 Å². The Morgan fingerprint density at radius 3 is 2.48 bits per heavy atom. The molecule has 0 fully saturated rings. The fourth-order valence-corrected chi connectivity index (χ4v) is 3.65. The van der Waals surface area contributed by atoms with Crippen LogP contribution in [-0.2, 0) is 19.1 Å². The Morgan fingerprint density at radius 1 is 1.26 bits per heavy atom. The second-order valence-corrected chi connectivity index (χ2v) is 8.10. The van der Waals surface area contributed by atoms with Gasteiger partial charge in [-0.2, -0.15) is 0 Å². The molecule has 1 aliphatic carbocycles. The van der Waals surface area contributed by atoms with Crippen LogP contribution < -0.4 is 5.73 Å². The number of ether oxygens (including phenoxy) is 2. The summed E-state index contributed by atoms with van der Waals surface area (Å²) in [5, 5.41) is 0. The minimum absolute atomic E-state index is 0.0702. The number of hydrogen-bond donors (Lipinski definition) is 1. The predicted octanol–water partition coefficient (Wildman–Crippen LogP) is 3.70.